The summed E-state index contributed by atoms with van der Waals surface area (Å²) in [5, 5.41) is 3.03. The van der Waals surface area contributed by atoms with Gasteiger partial charge in [-0.1, -0.05) is 36.0 Å². The van der Waals surface area contributed by atoms with Crippen LogP contribution in [0.5, 0.6) is 5.75 Å². The Morgan fingerprint density at radius 2 is 1.92 bits per heavy atom. The van der Waals surface area contributed by atoms with E-state index in [9.17, 15) is 4.79 Å². The maximum absolute atomic E-state index is 12.7. The van der Waals surface area contributed by atoms with Crippen molar-refractivity contribution in [1.82, 2.24) is 0 Å². The van der Waals surface area contributed by atoms with Gasteiger partial charge in [0.25, 0.3) is 0 Å². The maximum atomic E-state index is 12.7. The Morgan fingerprint density at radius 1 is 1.19 bits per heavy atom. The Morgan fingerprint density at radius 3 is 2.58 bits per heavy atom. The molecule has 0 heterocycles. The van der Waals surface area contributed by atoms with E-state index in [1.54, 1.807) is 30.0 Å². The Hall–Kier alpha value is -2.44. The van der Waals surface area contributed by atoms with Gasteiger partial charge in [0.15, 0.2) is 0 Å². The third-order valence-electron chi connectivity index (χ3n) is 3.59. The molecule has 0 atom stereocenters. The number of benzene rings is 2. The SMILES string of the molecule is CCOCCN(C(=O)Oc1cccc(NC(C)=S)c1)c1ccc(C)cc1. The van der Waals surface area contributed by atoms with Crippen molar-refractivity contribution in [3.05, 3.63) is 54.1 Å². The van der Waals surface area contributed by atoms with Crippen LogP contribution in [0.1, 0.15) is 19.4 Å². The first-order chi connectivity index (χ1) is 12.5. The molecule has 0 aromatic heterocycles. The normalized spacial score (nSPS) is 10.3. The lowest BCUT2D eigenvalue weighted by molar-refractivity contribution is 0.151. The fourth-order valence-electron chi connectivity index (χ4n) is 2.35. The van der Waals surface area contributed by atoms with Crippen LogP contribution in [-0.4, -0.2) is 30.8 Å². The first kappa shape index (κ1) is 19.9. The molecule has 138 valence electrons. The Labute approximate surface area is 159 Å². The number of nitrogens with one attached hydrogen (secondary N) is 1. The van der Waals surface area contributed by atoms with E-state index in [0.717, 1.165) is 16.9 Å². The molecule has 26 heavy (non-hydrogen) atoms. The predicted molar refractivity (Wildman–Crippen MR) is 109 cm³/mol. The molecule has 0 aliphatic rings. The van der Waals surface area contributed by atoms with E-state index < -0.39 is 6.09 Å². The smallest absolute Gasteiger partial charge is 0.410 e. The van der Waals surface area contributed by atoms with Gasteiger partial charge >= 0.3 is 6.09 Å². The highest BCUT2D eigenvalue weighted by Crippen LogP contribution is 2.21. The van der Waals surface area contributed by atoms with E-state index >= 15 is 0 Å². The molecule has 0 fully saturated rings. The van der Waals surface area contributed by atoms with Gasteiger partial charge in [-0.3, -0.25) is 4.90 Å². The van der Waals surface area contributed by atoms with Crippen molar-refractivity contribution < 1.29 is 14.3 Å². The molecule has 0 radical (unpaired) electrons. The van der Waals surface area contributed by atoms with E-state index in [2.05, 4.69) is 5.32 Å². The van der Waals surface area contributed by atoms with E-state index in [-0.39, 0.29) is 0 Å². The highest BCUT2D eigenvalue weighted by atomic mass is 32.1. The molecule has 2 aromatic rings. The number of nitrogens with zero attached hydrogens (tertiary/aromatic N) is 1. The van der Waals surface area contributed by atoms with Crippen molar-refractivity contribution in [2.75, 3.05) is 30.0 Å². The largest absolute Gasteiger partial charge is 0.419 e. The second-order valence-electron chi connectivity index (χ2n) is 5.76. The van der Waals surface area contributed by atoms with Crippen molar-refractivity contribution >= 4 is 34.7 Å². The topological polar surface area (TPSA) is 50.8 Å². The number of hydrogen-bond acceptors (Lipinski definition) is 4. The van der Waals surface area contributed by atoms with Gasteiger partial charge in [0.1, 0.15) is 5.75 Å². The minimum absolute atomic E-state index is 0.409. The number of rotatable bonds is 7. The van der Waals surface area contributed by atoms with E-state index in [1.807, 2.05) is 44.2 Å². The fraction of sp³-hybridized carbons (Fsp3) is 0.300. The Balaban J connectivity index is 2.15. The van der Waals surface area contributed by atoms with E-state index in [0.29, 0.717) is 30.5 Å². The van der Waals surface area contributed by atoms with Crippen LogP contribution in [0, 0.1) is 6.92 Å². The zero-order chi connectivity index (χ0) is 18.9. The van der Waals surface area contributed by atoms with E-state index in [1.165, 1.54) is 0 Å². The standard InChI is InChI=1S/C20H24N2O3S/c1-4-24-13-12-22(18-10-8-15(2)9-11-18)20(23)25-19-7-5-6-17(14-19)21-16(3)26/h5-11,14H,4,12-13H2,1-3H3,(H,21,26). The minimum atomic E-state index is -0.454. The lowest BCUT2D eigenvalue weighted by Crippen LogP contribution is -2.36. The molecule has 0 saturated heterocycles. The summed E-state index contributed by atoms with van der Waals surface area (Å²) < 4.78 is 11.0. The zero-order valence-electron chi connectivity index (χ0n) is 15.3. The molecule has 6 heteroatoms. The maximum Gasteiger partial charge on any atom is 0.419 e. The number of carbonyl (C=O) groups is 1. The second-order valence-corrected chi connectivity index (χ2v) is 6.37. The predicted octanol–water partition coefficient (Wildman–Crippen LogP) is 4.80. The number of aryl methyl sites for hydroxylation is 1. The van der Waals surface area contributed by atoms with Gasteiger partial charge in [-0.15, -0.1) is 0 Å². The van der Waals surface area contributed by atoms with Crippen LogP contribution in [0.25, 0.3) is 0 Å². The van der Waals surface area contributed by atoms with Gasteiger partial charge in [0.05, 0.1) is 18.1 Å². The van der Waals surface area contributed by atoms with Crippen LogP contribution in [0.2, 0.25) is 0 Å². The number of hydrogen-bond donors (Lipinski definition) is 1. The van der Waals surface area contributed by atoms with Gasteiger partial charge in [0, 0.05) is 24.0 Å². The summed E-state index contributed by atoms with van der Waals surface area (Å²) in [6.07, 6.45) is -0.454. The van der Waals surface area contributed by atoms with Gasteiger partial charge in [-0.25, -0.2) is 4.79 Å². The molecule has 2 rings (SSSR count). The van der Waals surface area contributed by atoms with Crippen molar-refractivity contribution in [3.8, 4) is 5.75 Å². The first-order valence-corrected chi connectivity index (χ1v) is 8.92. The van der Waals surface area contributed by atoms with Crippen LogP contribution < -0.4 is 15.0 Å². The first-order valence-electron chi connectivity index (χ1n) is 8.51. The van der Waals surface area contributed by atoms with Crippen molar-refractivity contribution in [2.45, 2.75) is 20.8 Å². The van der Waals surface area contributed by atoms with Crippen molar-refractivity contribution in [3.63, 3.8) is 0 Å². The molecule has 0 spiro atoms. The molecule has 2 aromatic carbocycles. The quantitative estimate of drug-likeness (QED) is 0.559. The number of amides is 1. The van der Waals surface area contributed by atoms with Crippen LogP contribution in [0.15, 0.2) is 48.5 Å². The van der Waals surface area contributed by atoms with Gasteiger partial charge in [-0.2, -0.15) is 0 Å². The highest BCUT2D eigenvalue weighted by molar-refractivity contribution is 7.80. The van der Waals surface area contributed by atoms with Crippen LogP contribution >= 0.6 is 12.2 Å². The summed E-state index contributed by atoms with van der Waals surface area (Å²) in [7, 11) is 0. The number of anilines is 2. The number of thiocarbonyl (C=S) groups is 1. The van der Waals surface area contributed by atoms with E-state index in [4.69, 9.17) is 21.7 Å². The number of carbonyl (C=O) groups excluding carboxylic acids is 1. The van der Waals surface area contributed by atoms with Gasteiger partial charge in [-0.05, 0) is 45.0 Å². The molecule has 0 bridgehead atoms. The molecular formula is C20H24N2O3S. The summed E-state index contributed by atoms with van der Waals surface area (Å²) in [6, 6.07) is 14.9. The molecule has 1 N–H and O–H groups in total. The summed E-state index contributed by atoms with van der Waals surface area (Å²) in [6.45, 7) is 7.16. The lowest BCUT2D eigenvalue weighted by atomic mass is 10.2. The molecular weight excluding hydrogens is 348 g/mol. The Kier molecular flexibility index (Phi) is 7.56. The van der Waals surface area contributed by atoms with Crippen LogP contribution in [0.3, 0.4) is 0 Å². The minimum Gasteiger partial charge on any atom is -0.410 e. The summed E-state index contributed by atoms with van der Waals surface area (Å²) in [5.41, 5.74) is 2.67. The fourth-order valence-corrected chi connectivity index (χ4v) is 2.47. The third-order valence-corrected chi connectivity index (χ3v) is 3.69. The molecule has 1 amide bonds. The number of ether oxygens (including phenoxy) is 2. The average molecular weight is 372 g/mol. The zero-order valence-corrected chi connectivity index (χ0v) is 16.1. The average Bonchev–Trinajstić information content (AvgIpc) is 2.59. The molecule has 0 unspecified atom stereocenters. The van der Waals surface area contributed by atoms with Crippen LogP contribution in [-0.2, 0) is 4.74 Å². The third kappa shape index (κ3) is 6.13. The lowest BCUT2D eigenvalue weighted by Gasteiger charge is -2.22. The second kappa shape index (κ2) is 9.89. The summed E-state index contributed by atoms with van der Waals surface area (Å²) in [5.74, 6) is 0.449. The van der Waals surface area contributed by atoms with Crippen LogP contribution in [0.4, 0.5) is 16.2 Å². The molecule has 0 saturated carbocycles. The van der Waals surface area contributed by atoms with Crippen molar-refractivity contribution in [2.24, 2.45) is 0 Å². The van der Waals surface area contributed by atoms with Gasteiger partial charge in [0.2, 0.25) is 0 Å². The summed E-state index contributed by atoms with van der Waals surface area (Å²) in [4.78, 5) is 14.9. The molecule has 5 nitrogen and oxygen atoms in total. The summed E-state index contributed by atoms with van der Waals surface area (Å²) >= 11 is 5.04. The van der Waals surface area contributed by atoms with Gasteiger partial charge < -0.3 is 14.8 Å². The molecule has 0 aliphatic carbocycles. The Bertz CT molecular complexity index is 747. The highest BCUT2D eigenvalue weighted by Gasteiger charge is 2.18. The van der Waals surface area contributed by atoms with Crippen molar-refractivity contribution in [1.29, 1.82) is 0 Å². The molecule has 0 aliphatic heterocycles. The monoisotopic (exact) mass is 372 g/mol.